The molecule has 0 aromatic rings. The van der Waals surface area contributed by atoms with Crippen molar-refractivity contribution in [3.63, 3.8) is 0 Å². The minimum absolute atomic E-state index is 0.0235. The van der Waals surface area contributed by atoms with E-state index in [-0.39, 0.29) is 67.1 Å². The van der Waals surface area contributed by atoms with Crippen LogP contribution in [0.15, 0.2) is 11.6 Å². The number of hydrogen-bond donors (Lipinski definition) is 6. The molecule has 274 valence electrons. The van der Waals surface area contributed by atoms with Crippen molar-refractivity contribution < 1.29 is 53.9 Å². The molecule has 3 saturated carbocycles. The Hall–Kier alpha value is -3.16. The van der Waals surface area contributed by atoms with Crippen molar-refractivity contribution in [1.82, 2.24) is 10.6 Å². The third-order valence-corrected chi connectivity index (χ3v) is 12.4. The van der Waals surface area contributed by atoms with Crippen LogP contribution in [0.4, 0.5) is 0 Å². The molecule has 49 heavy (non-hydrogen) atoms. The van der Waals surface area contributed by atoms with Gasteiger partial charge in [-0.3, -0.25) is 24.0 Å². The molecule has 0 radical (unpaired) electrons. The Morgan fingerprint density at radius 1 is 1.06 bits per heavy atom. The quantitative estimate of drug-likeness (QED) is 0.153. The number of carbonyl (C=O) groups excluding carboxylic acids is 5. The number of aliphatic hydroxyl groups is 3. The first-order valence-corrected chi connectivity index (χ1v) is 17.5. The molecule has 13 heteroatoms. The average Bonchev–Trinajstić information content (AvgIpc) is 3.30. The number of carboxylic acid groups (broad SMARTS) is 1. The van der Waals surface area contributed by atoms with E-state index in [1.54, 1.807) is 19.9 Å². The number of aliphatic carboxylic acids is 1. The Labute approximate surface area is 287 Å². The van der Waals surface area contributed by atoms with Gasteiger partial charge in [-0.15, -0.1) is 0 Å². The molecule has 0 saturated heterocycles. The topological polar surface area (TPSA) is 217 Å². The Kier molecular flexibility index (Phi) is 11.2. The fourth-order valence-corrected chi connectivity index (χ4v) is 9.34. The van der Waals surface area contributed by atoms with Gasteiger partial charge in [-0.25, -0.2) is 4.79 Å². The highest BCUT2D eigenvalue weighted by Gasteiger charge is 2.68. The summed E-state index contributed by atoms with van der Waals surface area (Å²) in [6, 6.07) is -0.992. The molecule has 0 aliphatic heterocycles. The minimum Gasteiger partial charge on any atom is -0.479 e. The molecular weight excluding hydrogens is 636 g/mol. The minimum atomic E-state index is -1.80. The van der Waals surface area contributed by atoms with Crippen molar-refractivity contribution in [3.8, 4) is 0 Å². The number of ketones is 2. The number of amides is 2. The molecule has 4 aliphatic carbocycles. The maximum absolute atomic E-state index is 13.5. The van der Waals surface area contributed by atoms with Crippen molar-refractivity contribution in [3.05, 3.63) is 11.6 Å². The molecule has 0 unspecified atom stereocenters. The number of carbonyl (C=O) groups is 6. The highest BCUT2D eigenvalue weighted by atomic mass is 16.5. The zero-order chi connectivity index (χ0) is 36.7. The van der Waals surface area contributed by atoms with Crippen LogP contribution in [0.5, 0.6) is 0 Å². The molecule has 3 fully saturated rings. The van der Waals surface area contributed by atoms with E-state index in [1.807, 2.05) is 6.92 Å². The SMILES string of the molecule is CC(C)[C@@H](NC(=O)CCC(=O)OCC(=O)[C@]1(O)CC[C@@H]2[C@H]3CCC4=CC(=O)CC[C@]4(C)[C@@H]3[C@@H](O)C[C@@]21C)C(=O)NCC(C)(C)[C@H](O)C(=O)O. The van der Waals surface area contributed by atoms with Crippen LogP contribution >= 0.6 is 0 Å². The van der Waals surface area contributed by atoms with Crippen molar-refractivity contribution in [1.29, 1.82) is 0 Å². The van der Waals surface area contributed by atoms with Gasteiger partial charge in [-0.2, -0.15) is 0 Å². The Bertz CT molecular complexity index is 1390. The van der Waals surface area contributed by atoms with Crippen LogP contribution < -0.4 is 10.6 Å². The zero-order valence-electron chi connectivity index (χ0n) is 29.5. The second-order valence-electron chi connectivity index (χ2n) is 16.3. The first-order chi connectivity index (χ1) is 22.7. The van der Waals surface area contributed by atoms with Crippen LogP contribution in [-0.2, 0) is 33.5 Å². The van der Waals surface area contributed by atoms with Crippen molar-refractivity contribution in [2.45, 2.75) is 123 Å². The summed E-state index contributed by atoms with van der Waals surface area (Å²) in [6.07, 6.45) is 2.21. The normalized spacial score (nSPS) is 33.7. The number of carboxylic acids is 1. The van der Waals surface area contributed by atoms with Gasteiger partial charge in [0.25, 0.3) is 0 Å². The molecule has 2 amide bonds. The molecule has 0 aromatic carbocycles. The summed E-state index contributed by atoms with van der Waals surface area (Å²) in [4.78, 5) is 74.9. The molecule has 0 bridgehead atoms. The lowest BCUT2D eigenvalue weighted by Gasteiger charge is -2.60. The van der Waals surface area contributed by atoms with Gasteiger partial charge in [0, 0.05) is 30.2 Å². The van der Waals surface area contributed by atoms with Crippen LogP contribution in [-0.4, -0.2) is 92.7 Å². The molecule has 0 heterocycles. The van der Waals surface area contributed by atoms with E-state index >= 15 is 0 Å². The second-order valence-corrected chi connectivity index (χ2v) is 16.3. The lowest BCUT2D eigenvalue weighted by Crippen LogP contribution is -2.62. The largest absolute Gasteiger partial charge is 0.479 e. The van der Waals surface area contributed by atoms with E-state index < -0.39 is 70.8 Å². The summed E-state index contributed by atoms with van der Waals surface area (Å²) in [5, 5.41) is 47.6. The van der Waals surface area contributed by atoms with Crippen molar-refractivity contribution >= 4 is 35.3 Å². The number of Topliss-reactive ketones (excluding diaryl/α,β-unsaturated/α-hetero) is 1. The first kappa shape index (κ1) is 38.6. The van der Waals surface area contributed by atoms with Gasteiger partial charge in [0.1, 0.15) is 11.6 Å². The molecule has 4 rings (SSSR count). The standard InChI is InChI=1S/C36H54N2O11/c1-19(2)29(31(45)37-18-33(3,4)30(44)32(46)47)38-26(42)9-10-27(43)49-17-25(41)36(48)14-12-23-22-8-7-20-15-21(39)11-13-34(20,5)28(22)24(40)16-35(23,36)6/h15,19,22-24,28-30,40,44,48H,7-14,16-18H2,1-6H3,(H,37,45)(H,38,42)(H,46,47)/t22-,23-,24+,28+,29-,30-,34+,35+,36-/m1/s1. The molecule has 9 atom stereocenters. The lowest BCUT2D eigenvalue weighted by molar-refractivity contribution is -0.184. The van der Waals surface area contributed by atoms with Crippen LogP contribution in [0, 0.1) is 39.9 Å². The van der Waals surface area contributed by atoms with Crippen LogP contribution in [0.25, 0.3) is 0 Å². The summed E-state index contributed by atoms with van der Waals surface area (Å²) in [5.41, 5.74) is -3.10. The molecule has 0 spiro atoms. The van der Waals surface area contributed by atoms with E-state index in [2.05, 4.69) is 17.6 Å². The second kappa shape index (κ2) is 14.2. The molecule has 6 N–H and O–H groups in total. The number of allylic oxidation sites excluding steroid dienone is 1. The summed E-state index contributed by atoms with van der Waals surface area (Å²) in [6.45, 7) is 9.51. The van der Waals surface area contributed by atoms with E-state index in [4.69, 9.17) is 9.84 Å². The first-order valence-electron chi connectivity index (χ1n) is 17.5. The van der Waals surface area contributed by atoms with Gasteiger partial charge in [0.15, 0.2) is 18.5 Å². The van der Waals surface area contributed by atoms with Gasteiger partial charge in [-0.1, -0.05) is 47.1 Å². The maximum Gasteiger partial charge on any atom is 0.333 e. The predicted molar refractivity (Wildman–Crippen MR) is 175 cm³/mol. The molecule has 0 aromatic heterocycles. The van der Waals surface area contributed by atoms with E-state index in [1.165, 1.54) is 13.8 Å². The maximum atomic E-state index is 13.5. The smallest absolute Gasteiger partial charge is 0.333 e. The van der Waals surface area contributed by atoms with E-state index in [0.29, 0.717) is 19.3 Å². The predicted octanol–water partition coefficient (Wildman–Crippen LogP) is 1.84. The van der Waals surface area contributed by atoms with Gasteiger partial charge >= 0.3 is 11.9 Å². The number of fused-ring (bicyclic) bond motifs is 5. The lowest BCUT2D eigenvalue weighted by atomic mass is 9.45. The fourth-order valence-electron chi connectivity index (χ4n) is 9.34. The number of esters is 1. The third kappa shape index (κ3) is 7.35. The van der Waals surface area contributed by atoms with Gasteiger partial charge in [0.2, 0.25) is 17.6 Å². The fraction of sp³-hybridized carbons (Fsp3) is 0.778. The van der Waals surface area contributed by atoms with E-state index in [9.17, 15) is 44.1 Å². The number of hydrogen-bond acceptors (Lipinski definition) is 10. The average molecular weight is 691 g/mol. The Balaban J connectivity index is 1.30. The Morgan fingerprint density at radius 3 is 2.37 bits per heavy atom. The van der Waals surface area contributed by atoms with Crippen molar-refractivity contribution in [2.75, 3.05) is 13.2 Å². The number of rotatable bonds is 13. The summed E-state index contributed by atoms with van der Waals surface area (Å²) < 4.78 is 5.22. The highest BCUT2D eigenvalue weighted by Crippen LogP contribution is 2.67. The highest BCUT2D eigenvalue weighted by molar-refractivity contribution is 5.93. The number of ether oxygens (including phenoxy) is 1. The van der Waals surface area contributed by atoms with E-state index in [0.717, 1.165) is 18.4 Å². The zero-order valence-corrected chi connectivity index (χ0v) is 29.5. The van der Waals surface area contributed by atoms with Crippen LogP contribution in [0.3, 0.4) is 0 Å². The molecule has 4 aliphatic rings. The Morgan fingerprint density at radius 2 is 1.73 bits per heavy atom. The summed E-state index contributed by atoms with van der Waals surface area (Å²) >= 11 is 0. The molecule has 13 nitrogen and oxygen atoms in total. The van der Waals surface area contributed by atoms with Gasteiger partial charge < -0.3 is 35.8 Å². The number of aliphatic hydroxyl groups excluding tert-OH is 2. The summed E-state index contributed by atoms with van der Waals surface area (Å²) in [7, 11) is 0. The number of nitrogens with one attached hydrogen (secondary N) is 2. The van der Waals surface area contributed by atoms with Crippen LogP contribution in [0.2, 0.25) is 0 Å². The monoisotopic (exact) mass is 690 g/mol. The van der Waals surface area contributed by atoms with Gasteiger partial charge in [0.05, 0.1) is 12.5 Å². The van der Waals surface area contributed by atoms with Crippen LogP contribution in [0.1, 0.15) is 99.3 Å². The van der Waals surface area contributed by atoms with Crippen molar-refractivity contribution in [2.24, 2.45) is 39.9 Å². The molecular formula is C36H54N2O11. The summed E-state index contributed by atoms with van der Waals surface area (Å²) in [5.74, 6) is -4.32. The van der Waals surface area contributed by atoms with Gasteiger partial charge in [-0.05, 0) is 73.7 Å². The third-order valence-electron chi connectivity index (χ3n) is 12.4.